The Morgan fingerprint density at radius 1 is 1.07 bits per heavy atom. The van der Waals surface area contributed by atoms with E-state index in [0.717, 1.165) is 39.0 Å². The number of anilines is 1. The summed E-state index contributed by atoms with van der Waals surface area (Å²) in [4.78, 5) is 25.9. The molecule has 0 aliphatic rings. The number of H-pyrrole nitrogens is 1. The summed E-state index contributed by atoms with van der Waals surface area (Å²) >= 11 is 0. The first-order chi connectivity index (χ1) is 14.1. The van der Waals surface area contributed by atoms with Gasteiger partial charge >= 0.3 is 0 Å². The lowest BCUT2D eigenvalue weighted by Crippen LogP contribution is -2.24. The van der Waals surface area contributed by atoms with Gasteiger partial charge in [-0.3, -0.25) is 9.78 Å². The summed E-state index contributed by atoms with van der Waals surface area (Å²) in [7, 11) is 1.74. The van der Waals surface area contributed by atoms with E-state index in [4.69, 9.17) is 0 Å². The number of hydrogen-bond donors (Lipinski definition) is 1. The smallest absolute Gasteiger partial charge is 0.250 e. The predicted octanol–water partition coefficient (Wildman–Crippen LogP) is 5.14. The molecular formula is C24H22N4O. The summed E-state index contributed by atoms with van der Waals surface area (Å²) in [6, 6.07) is 12.5. The maximum absolute atomic E-state index is 12.2. The Bertz CT molecular complexity index is 1220. The summed E-state index contributed by atoms with van der Waals surface area (Å²) in [5.41, 5.74) is 6.92. The fourth-order valence-corrected chi connectivity index (χ4v) is 3.36. The molecule has 0 radical (unpaired) electrons. The van der Waals surface area contributed by atoms with Crippen molar-refractivity contribution in [2.45, 2.75) is 13.8 Å². The van der Waals surface area contributed by atoms with Crippen LogP contribution in [-0.4, -0.2) is 27.9 Å². The molecule has 3 aromatic heterocycles. The number of likely N-dealkylation sites (N-methyl/N-ethyl adjacent to an activating group) is 1. The molecule has 3 heterocycles. The largest absolute Gasteiger partial charge is 0.346 e. The molecule has 144 valence electrons. The highest BCUT2D eigenvalue weighted by Crippen LogP contribution is 2.32. The third-order valence-corrected chi connectivity index (χ3v) is 4.94. The van der Waals surface area contributed by atoms with Crippen LogP contribution >= 0.6 is 0 Å². The first kappa shape index (κ1) is 18.6. The van der Waals surface area contributed by atoms with Crippen molar-refractivity contribution in [1.29, 1.82) is 0 Å². The van der Waals surface area contributed by atoms with Crippen molar-refractivity contribution in [3.63, 3.8) is 0 Å². The number of aromatic amines is 1. The van der Waals surface area contributed by atoms with Gasteiger partial charge in [-0.2, -0.15) is 0 Å². The van der Waals surface area contributed by atoms with Crippen LogP contribution in [0.4, 0.5) is 5.69 Å². The number of amides is 1. The molecule has 1 N–H and O–H groups in total. The number of carbonyl (C=O) groups excluding carboxylic acids is 1. The Labute approximate surface area is 169 Å². The summed E-state index contributed by atoms with van der Waals surface area (Å²) in [5, 5.41) is 1.05. The van der Waals surface area contributed by atoms with Crippen molar-refractivity contribution in [2.24, 2.45) is 0 Å². The molecule has 1 aromatic carbocycles. The normalized spacial score (nSPS) is 11.3. The highest BCUT2D eigenvalue weighted by Gasteiger charge is 2.12. The van der Waals surface area contributed by atoms with E-state index in [-0.39, 0.29) is 5.91 Å². The molecule has 0 bridgehead atoms. The lowest BCUT2D eigenvalue weighted by Gasteiger charge is -2.15. The topological polar surface area (TPSA) is 61.9 Å². The van der Waals surface area contributed by atoms with Gasteiger partial charge in [0.2, 0.25) is 5.91 Å². The van der Waals surface area contributed by atoms with Crippen LogP contribution in [0.3, 0.4) is 0 Å². The average molecular weight is 382 g/mol. The predicted molar refractivity (Wildman–Crippen MR) is 118 cm³/mol. The van der Waals surface area contributed by atoms with Gasteiger partial charge in [-0.25, -0.2) is 4.98 Å². The van der Waals surface area contributed by atoms with Crippen molar-refractivity contribution in [3.8, 4) is 22.3 Å². The molecule has 1 amide bonds. The number of hydrogen-bond acceptors (Lipinski definition) is 3. The third-order valence-electron chi connectivity index (χ3n) is 4.94. The summed E-state index contributed by atoms with van der Waals surface area (Å²) in [6.07, 6.45) is 10.6. The summed E-state index contributed by atoms with van der Waals surface area (Å²) in [6.45, 7) is 3.91. The van der Waals surface area contributed by atoms with Crippen LogP contribution in [-0.2, 0) is 4.79 Å². The van der Waals surface area contributed by atoms with Crippen LogP contribution in [0, 0.1) is 6.92 Å². The van der Waals surface area contributed by atoms with Gasteiger partial charge < -0.3 is 9.88 Å². The lowest BCUT2D eigenvalue weighted by molar-refractivity contribution is -0.113. The number of fused-ring (bicyclic) bond motifs is 1. The summed E-state index contributed by atoms with van der Waals surface area (Å²) in [5.74, 6) is -0.0904. The molecule has 0 aliphatic carbocycles. The highest BCUT2D eigenvalue weighted by molar-refractivity contribution is 6.01. The molecule has 4 aromatic rings. The quantitative estimate of drug-likeness (QED) is 0.497. The van der Waals surface area contributed by atoms with Crippen molar-refractivity contribution >= 4 is 22.6 Å². The zero-order valence-electron chi connectivity index (χ0n) is 16.7. The van der Waals surface area contributed by atoms with Crippen LogP contribution in [0.5, 0.6) is 0 Å². The third kappa shape index (κ3) is 3.67. The van der Waals surface area contributed by atoms with Gasteiger partial charge in [0.15, 0.2) is 0 Å². The number of carbonyl (C=O) groups is 1. The van der Waals surface area contributed by atoms with E-state index in [1.54, 1.807) is 30.4 Å². The van der Waals surface area contributed by atoms with Gasteiger partial charge in [-0.15, -0.1) is 0 Å². The van der Waals surface area contributed by atoms with E-state index in [9.17, 15) is 4.79 Å². The number of rotatable bonds is 4. The highest BCUT2D eigenvalue weighted by atomic mass is 16.2. The van der Waals surface area contributed by atoms with Gasteiger partial charge in [0.1, 0.15) is 5.65 Å². The Kier molecular flexibility index (Phi) is 4.96. The van der Waals surface area contributed by atoms with Crippen molar-refractivity contribution < 1.29 is 4.79 Å². The minimum Gasteiger partial charge on any atom is -0.346 e. The SMILES string of the molecule is C/C=C/C(=O)N(C)c1cncc(-c2cnc3[nH]cc(-c4cccc(C)c4)c3c2)c1. The van der Waals surface area contributed by atoms with Gasteiger partial charge in [-0.1, -0.05) is 35.9 Å². The molecule has 0 spiro atoms. The van der Waals surface area contributed by atoms with E-state index in [1.165, 1.54) is 11.6 Å². The molecular weight excluding hydrogens is 360 g/mol. The van der Waals surface area contributed by atoms with E-state index in [0.29, 0.717) is 0 Å². The maximum atomic E-state index is 12.2. The van der Waals surface area contributed by atoms with Gasteiger partial charge in [0.25, 0.3) is 0 Å². The number of nitrogens with one attached hydrogen (secondary N) is 1. The Hall–Kier alpha value is -3.73. The number of allylic oxidation sites excluding steroid dienone is 1. The Balaban J connectivity index is 1.76. The van der Waals surface area contributed by atoms with Crippen LogP contribution < -0.4 is 4.90 Å². The fourth-order valence-electron chi connectivity index (χ4n) is 3.36. The molecule has 0 atom stereocenters. The van der Waals surface area contributed by atoms with Crippen LogP contribution in [0.25, 0.3) is 33.3 Å². The minimum atomic E-state index is -0.0904. The maximum Gasteiger partial charge on any atom is 0.250 e. The van der Waals surface area contributed by atoms with Crippen molar-refractivity contribution in [2.75, 3.05) is 11.9 Å². The number of benzene rings is 1. The molecule has 4 rings (SSSR count). The number of aromatic nitrogens is 3. The van der Waals surface area contributed by atoms with E-state index in [2.05, 4.69) is 52.2 Å². The van der Waals surface area contributed by atoms with Gasteiger partial charge in [0.05, 0.1) is 11.9 Å². The molecule has 5 nitrogen and oxygen atoms in total. The zero-order chi connectivity index (χ0) is 20.4. The van der Waals surface area contributed by atoms with Crippen LogP contribution in [0.2, 0.25) is 0 Å². The zero-order valence-corrected chi connectivity index (χ0v) is 16.7. The number of nitrogens with zero attached hydrogens (tertiary/aromatic N) is 3. The number of pyridine rings is 2. The fraction of sp³-hybridized carbons (Fsp3) is 0.125. The molecule has 5 heteroatoms. The van der Waals surface area contributed by atoms with E-state index in [1.807, 2.05) is 25.4 Å². The molecule has 0 saturated heterocycles. The first-order valence-corrected chi connectivity index (χ1v) is 9.47. The molecule has 0 saturated carbocycles. The van der Waals surface area contributed by atoms with Crippen molar-refractivity contribution in [1.82, 2.24) is 15.0 Å². The second-order valence-electron chi connectivity index (χ2n) is 7.02. The second kappa shape index (κ2) is 7.72. The molecule has 0 fully saturated rings. The first-order valence-electron chi connectivity index (χ1n) is 9.47. The summed E-state index contributed by atoms with van der Waals surface area (Å²) < 4.78 is 0. The average Bonchev–Trinajstić information content (AvgIpc) is 3.17. The van der Waals surface area contributed by atoms with Crippen LogP contribution in [0.15, 0.2) is 73.3 Å². The van der Waals surface area contributed by atoms with E-state index < -0.39 is 0 Å². The van der Waals surface area contributed by atoms with Gasteiger partial charge in [-0.05, 0) is 37.6 Å². The molecule has 0 aliphatic heterocycles. The van der Waals surface area contributed by atoms with Crippen LogP contribution in [0.1, 0.15) is 12.5 Å². The number of aryl methyl sites for hydroxylation is 1. The van der Waals surface area contributed by atoms with Gasteiger partial charge in [0, 0.05) is 47.7 Å². The lowest BCUT2D eigenvalue weighted by atomic mass is 10.0. The molecule has 29 heavy (non-hydrogen) atoms. The standard InChI is InChI=1S/C24H22N4O/c1-4-6-23(29)28(3)20-10-18(12-25-14-20)19-11-21-22(15-27-24(21)26-13-19)17-8-5-7-16(2)9-17/h4-15H,1-3H3,(H,26,27)/b6-4+. The van der Waals surface area contributed by atoms with E-state index >= 15 is 0 Å². The monoisotopic (exact) mass is 382 g/mol. The Morgan fingerprint density at radius 2 is 1.90 bits per heavy atom. The van der Waals surface area contributed by atoms with Crippen molar-refractivity contribution in [3.05, 3.63) is 78.9 Å². The molecule has 0 unspecified atom stereocenters. The Morgan fingerprint density at radius 3 is 2.69 bits per heavy atom. The second-order valence-corrected chi connectivity index (χ2v) is 7.02. The minimum absolute atomic E-state index is 0.0904.